The Morgan fingerprint density at radius 3 is 2.41 bits per heavy atom. The first-order valence-electron chi connectivity index (χ1n) is 11.8. The van der Waals surface area contributed by atoms with Crippen LogP contribution >= 0.6 is 0 Å². The van der Waals surface area contributed by atoms with Crippen LogP contribution in [0.5, 0.6) is 0 Å². The van der Waals surface area contributed by atoms with Crippen LogP contribution in [0.2, 0.25) is 0 Å². The van der Waals surface area contributed by atoms with Gasteiger partial charge in [-0.1, -0.05) is 6.92 Å². The second-order valence-corrected chi connectivity index (χ2v) is 11.2. The number of halogens is 1. The lowest BCUT2D eigenvalue weighted by molar-refractivity contribution is -0.0976. The molecule has 0 saturated heterocycles. The molecule has 0 bridgehead atoms. The van der Waals surface area contributed by atoms with Crippen LogP contribution in [0.15, 0.2) is 24.3 Å². The Kier molecular flexibility index (Phi) is 4.70. The number of carbonyl (C=O) groups excluding carboxylic acids is 1. The van der Waals surface area contributed by atoms with E-state index >= 15 is 0 Å². The molecule has 1 N–H and O–H groups in total. The first-order valence-corrected chi connectivity index (χ1v) is 11.8. The number of ketones is 1. The maximum atomic E-state index is 13.3. The van der Waals surface area contributed by atoms with Gasteiger partial charge in [0, 0.05) is 11.5 Å². The third kappa shape index (κ3) is 3.19. The van der Waals surface area contributed by atoms with Crippen molar-refractivity contribution in [3.8, 4) is 0 Å². The fourth-order valence-electron chi connectivity index (χ4n) is 8.33. The molecule has 29 heavy (non-hydrogen) atoms. The number of rotatable bonds is 2. The third-order valence-electron chi connectivity index (χ3n) is 9.68. The van der Waals surface area contributed by atoms with E-state index in [4.69, 9.17) is 0 Å². The molecule has 4 saturated carbocycles. The number of hydrogen-bond donors (Lipinski definition) is 1. The van der Waals surface area contributed by atoms with Crippen LogP contribution in [-0.2, 0) is 0 Å². The normalized spacial score (nSPS) is 46.5. The van der Waals surface area contributed by atoms with Crippen molar-refractivity contribution in [1.82, 2.24) is 0 Å². The smallest absolute Gasteiger partial charge is 0.166 e. The van der Waals surface area contributed by atoms with E-state index in [-0.39, 0.29) is 22.9 Å². The number of benzene rings is 1. The number of fused-ring (bicyclic) bond motifs is 5. The van der Waals surface area contributed by atoms with Crippen molar-refractivity contribution in [3.05, 3.63) is 35.6 Å². The molecule has 0 radical (unpaired) electrons. The Morgan fingerprint density at radius 2 is 1.66 bits per heavy atom. The van der Waals surface area contributed by atoms with E-state index in [1.807, 2.05) is 6.92 Å². The van der Waals surface area contributed by atoms with Gasteiger partial charge in [-0.2, -0.15) is 0 Å². The Morgan fingerprint density at radius 1 is 0.931 bits per heavy atom. The minimum absolute atomic E-state index is 0.0868. The number of hydrogen-bond acceptors (Lipinski definition) is 2. The predicted octanol–water partition coefficient (Wildman–Crippen LogP) is 6.03. The van der Waals surface area contributed by atoms with Gasteiger partial charge in [0.15, 0.2) is 5.78 Å². The summed E-state index contributed by atoms with van der Waals surface area (Å²) in [5.74, 6) is 3.72. The van der Waals surface area contributed by atoms with Gasteiger partial charge in [0.1, 0.15) is 5.82 Å². The molecule has 5 rings (SSSR count). The lowest BCUT2D eigenvalue weighted by Crippen LogP contribution is -2.51. The first-order chi connectivity index (χ1) is 13.8. The van der Waals surface area contributed by atoms with Gasteiger partial charge in [0.2, 0.25) is 0 Å². The second kappa shape index (κ2) is 6.90. The Labute approximate surface area is 174 Å². The van der Waals surface area contributed by atoms with Gasteiger partial charge < -0.3 is 5.11 Å². The zero-order chi connectivity index (χ0) is 20.4. The topological polar surface area (TPSA) is 37.3 Å². The van der Waals surface area contributed by atoms with Gasteiger partial charge >= 0.3 is 0 Å². The van der Waals surface area contributed by atoms with Gasteiger partial charge in [0.25, 0.3) is 0 Å². The monoisotopic (exact) mass is 398 g/mol. The lowest BCUT2D eigenvalue weighted by Gasteiger charge is -2.56. The molecule has 0 spiro atoms. The van der Waals surface area contributed by atoms with E-state index in [1.165, 1.54) is 44.2 Å². The Hall–Kier alpha value is -1.22. The van der Waals surface area contributed by atoms with Crippen molar-refractivity contribution in [2.24, 2.45) is 40.9 Å². The zero-order valence-electron chi connectivity index (χ0n) is 17.9. The largest absolute Gasteiger partial charge is 0.390 e. The molecule has 3 heteroatoms. The molecular weight excluding hydrogens is 363 g/mol. The van der Waals surface area contributed by atoms with Crippen molar-refractivity contribution in [2.75, 3.05) is 0 Å². The van der Waals surface area contributed by atoms with E-state index < -0.39 is 5.60 Å². The summed E-state index contributed by atoms with van der Waals surface area (Å²) in [6.45, 7) is 4.40. The standard InChI is InChI=1S/C26H35FO2/c1-25(29)13-11-19-17(15-25)5-8-21-20(19)12-14-26(2)22(21)9-10-23(26)24(28)16-3-6-18(27)7-4-16/h3-4,6-7,17,19-23,29H,5,8-15H2,1-2H3/t17-,19+,20-,21-,22+,23-,25-,26+/m1/s1. The highest BCUT2D eigenvalue weighted by Gasteiger charge is 2.58. The highest BCUT2D eigenvalue weighted by Crippen LogP contribution is 2.64. The van der Waals surface area contributed by atoms with Crippen LogP contribution in [0, 0.1) is 46.7 Å². The van der Waals surface area contributed by atoms with Gasteiger partial charge in [-0.25, -0.2) is 4.39 Å². The molecule has 4 aliphatic carbocycles. The van der Waals surface area contributed by atoms with E-state index in [0.717, 1.165) is 43.4 Å². The summed E-state index contributed by atoms with van der Waals surface area (Å²) in [6.07, 6.45) is 10.2. The summed E-state index contributed by atoms with van der Waals surface area (Å²) in [4.78, 5) is 13.3. The first kappa shape index (κ1) is 19.7. The molecule has 0 aromatic heterocycles. The fraction of sp³-hybridized carbons (Fsp3) is 0.731. The summed E-state index contributed by atoms with van der Waals surface area (Å²) in [6, 6.07) is 6.16. The summed E-state index contributed by atoms with van der Waals surface area (Å²) in [5, 5.41) is 10.6. The van der Waals surface area contributed by atoms with E-state index in [1.54, 1.807) is 12.1 Å². The maximum Gasteiger partial charge on any atom is 0.166 e. The number of aliphatic hydroxyl groups is 1. The molecule has 1 aromatic carbocycles. The SMILES string of the molecule is C[C@@]1(O)CC[C@H]2[C@H](CC[C@@H]3[C@@H]2CC[C@]2(C)[C@@H](C(=O)c4ccc(F)cc4)CC[C@@H]32)C1. The highest BCUT2D eigenvalue weighted by atomic mass is 19.1. The highest BCUT2D eigenvalue weighted by molar-refractivity contribution is 5.98. The number of carbonyl (C=O) groups is 1. The van der Waals surface area contributed by atoms with Crippen molar-refractivity contribution in [3.63, 3.8) is 0 Å². The van der Waals surface area contributed by atoms with E-state index in [0.29, 0.717) is 17.4 Å². The Bertz CT molecular complexity index is 784. The van der Waals surface area contributed by atoms with Crippen LogP contribution < -0.4 is 0 Å². The van der Waals surface area contributed by atoms with Gasteiger partial charge in [-0.05, 0) is 124 Å². The molecule has 0 heterocycles. The summed E-state index contributed by atoms with van der Waals surface area (Å²) in [5.41, 5.74) is 0.315. The van der Waals surface area contributed by atoms with Crippen molar-refractivity contribution in [1.29, 1.82) is 0 Å². The zero-order valence-corrected chi connectivity index (χ0v) is 17.9. The molecule has 0 aliphatic heterocycles. The Balaban J connectivity index is 1.36. The quantitative estimate of drug-likeness (QED) is 0.618. The van der Waals surface area contributed by atoms with Gasteiger partial charge in [-0.3, -0.25) is 4.79 Å². The molecule has 4 fully saturated rings. The van der Waals surface area contributed by atoms with Crippen LogP contribution in [0.3, 0.4) is 0 Å². The summed E-state index contributed by atoms with van der Waals surface area (Å²) in [7, 11) is 0. The van der Waals surface area contributed by atoms with Crippen LogP contribution in [0.25, 0.3) is 0 Å². The van der Waals surface area contributed by atoms with E-state index in [2.05, 4.69) is 6.92 Å². The van der Waals surface area contributed by atoms with Crippen LogP contribution in [0.1, 0.15) is 82.0 Å². The van der Waals surface area contributed by atoms with Crippen LogP contribution in [-0.4, -0.2) is 16.5 Å². The number of Topliss-reactive ketones (excluding diaryl/α,β-unsaturated/α-hetero) is 1. The van der Waals surface area contributed by atoms with Crippen molar-refractivity contribution < 1.29 is 14.3 Å². The molecule has 2 nitrogen and oxygen atoms in total. The minimum atomic E-state index is -0.461. The van der Waals surface area contributed by atoms with Gasteiger partial charge in [-0.15, -0.1) is 0 Å². The predicted molar refractivity (Wildman–Crippen MR) is 112 cm³/mol. The molecule has 0 unspecified atom stereocenters. The second-order valence-electron chi connectivity index (χ2n) is 11.2. The van der Waals surface area contributed by atoms with Crippen LogP contribution in [0.4, 0.5) is 4.39 Å². The molecular formula is C26H35FO2. The molecule has 8 atom stereocenters. The molecule has 4 aliphatic rings. The third-order valence-corrected chi connectivity index (χ3v) is 9.68. The summed E-state index contributed by atoms with van der Waals surface area (Å²) >= 11 is 0. The van der Waals surface area contributed by atoms with Crippen molar-refractivity contribution in [2.45, 2.75) is 77.2 Å². The summed E-state index contributed by atoms with van der Waals surface area (Å²) < 4.78 is 13.3. The minimum Gasteiger partial charge on any atom is -0.390 e. The molecule has 1 aromatic rings. The lowest BCUT2D eigenvalue weighted by atomic mass is 9.49. The average Bonchev–Trinajstić information content (AvgIpc) is 3.04. The molecule has 0 amide bonds. The fourth-order valence-corrected chi connectivity index (χ4v) is 8.33. The van der Waals surface area contributed by atoms with Crippen molar-refractivity contribution >= 4 is 5.78 Å². The van der Waals surface area contributed by atoms with E-state index in [9.17, 15) is 14.3 Å². The average molecular weight is 399 g/mol. The maximum absolute atomic E-state index is 13.3. The molecule has 158 valence electrons. The van der Waals surface area contributed by atoms with Gasteiger partial charge in [0.05, 0.1) is 5.60 Å².